The number of carbonyl (C=O) groups is 1. The van der Waals surface area contributed by atoms with Crippen LogP contribution < -0.4 is 4.72 Å². The first-order valence-electron chi connectivity index (χ1n) is 6.32. The lowest BCUT2D eigenvalue weighted by Gasteiger charge is -2.07. The standard InChI is InChI=1S/C13H19NO5S/c1-2-13(16)11-3-5-12(6-4-11)20(17,18)14-7-9-19-10-8-15/h3-6,14-15H,2,7-10H2,1H3. The molecule has 0 heterocycles. The Balaban J connectivity index is 2.61. The molecule has 20 heavy (non-hydrogen) atoms. The minimum Gasteiger partial charge on any atom is -0.394 e. The highest BCUT2D eigenvalue weighted by Gasteiger charge is 2.13. The lowest BCUT2D eigenvalue weighted by molar-refractivity contribution is 0.0961. The van der Waals surface area contributed by atoms with Crippen LogP contribution in [0.2, 0.25) is 0 Å². The second kappa shape index (κ2) is 8.11. The van der Waals surface area contributed by atoms with Crippen LogP contribution in [0.3, 0.4) is 0 Å². The maximum absolute atomic E-state index is 11.9. The Kier molecular flexibility index (Phi) is 6.80. The van der Waals surface area contributed by atoms with E-state index < -0.39 is 10.0 Å². The normalized spacial score (nSPS) is 11.5. The van der Waals surface area contributed by atoms with Crippen molar-refractivity contribution in [1.82, 2.24) is 4.72 Å². The fraction of sp³-hybridized carbons (Fsp3) is 0.462. The molecule has 0 amide bonds. The van der Waals surface area contributed by atoms with Crippen molar-refractivity contribution in [2.24, 2.45) is 0 Å². The van der Waals surface area contributed by atoms with Gasteiger partial charge < -0.3 is 9.84 Å². The lowest BCUT2D eigenvalue weighted by Crippen LogP contribution is -2.27. The van der Waals surface area contributed by atoms with Gasteiger partial charge in [0.05, 0.1) is 24.7 Å². The van der Waals surface area contributed by atoms with Crippen LogP contribution in [0.4, 0.5) is 0 Å². The summed E-state index contributed by atoms with van der Waals surface area (Å²) in [5, 5.41) is 8.50. The molecule has 0 bridgehead atoms. The van der Waals surface area contributed by atoms with E-state index in [0.29, 0.717) is 12.0 Å². The quantitative estimate of drug-likeness (QED) is 0.514. The summed E-state index contributed by atoms with van der Waals surface area (Å²) in [5.74, 6) is -0.0284. The highest BCUT2D eigenvalue weighted by atomic mass is 32.2. The zero-order valence-corrected chi connectivity index (χ0v) is 12.1. The summed E-state index contributed by atoms with van der Waals surface area (Å²) < 4.78 is 31.2. The number of nitrogens with one attached hydrogen (secondary N) is 1. The van der Waals surface area contributed by atoms with Crippen LogP contribution in [-0.2, 0) is 14.8 Å². The monoisotopic (exact) mass is 301 g/mol. The van der Waals surface area contributed by atoms with E-state index in [9.17, 15) is 13.2 Å². The summed E-state index contributed by atoms with van der Waals surface area (Å²) in [5.41, 5.74) is 0.498. The van der Waals surface area contributed by atoms with Crippen molar-refractivity contribution in [3.63, 3.8) is 0 Å². The Morgan fingerprint density at radius 2 is 1.90 bits per heavy atom. The Labute approximate surface area is 118 Å². The van der Waals surface area contributed by atoms with Gasteiger partial charge in [-0.15, -0.1) is 0 Å². The molecule has 0 aliphatic rings. The largest absolute Gasteiger partial charge is 0.394 e. The van der Waals surface area contributed by atoms with E-state index in [0.717, 1.165) is 0 Å². The molecular formula is C13H19NO5S. The van der Waals surface area contributed by atoms with Crippen LogP contribution in [0, 0.1) is 0 Å². The number of sulfonamides is 1. The molecule has 0 aliphatic carbocycles. The molecule has 112 valence electrons. The van der Waals surface area contributed by atoms with Gasteiger partial charge in [0.1, 0.15) is 0 Å². The Morgan fingerprint density at radius 3 is 2.45 bits per heavy atom. The molecule has 0 radical (unpaired) electrons. The summed E-state index contributed by atoms with van der Waals surface area (Å²) in [6.45, 7) is 2.14. The third kappa shape index (κ3) is 5.01. The second-order valence-corrected chi connectivity index (χ2v) is 5.80. The molecule has 1 rings (SSSR count). The number of aliphatic hydroxyl groups is 1. The first-order valence-corrected chi connectivity index (χ1v) is 7.81. The van der Waals surface area contributed by atoms with Crippen LogP contribution in [0.1, 0.15) is 23.7 Å². The van der Waals surface area contributed by atoms with Gasteiger partial charge in [-0.05, 0) is 12.1 Å². The lowest BCUT2D eigenvalue weighted by atomic mass is 10.1. The minimum absolute atomic E-state index is 0.0284. The fourth-order valence-electron chi connectivity index (χ4n) is 1.52. The Bertz CT molecular complexity index is 524. The topological polar surface area (TPSA) is 92.7 Å². The molecule has 0 spiro atoms. The summed E-state index contributed by atoms with van der Waals surface area (Å²) in [4.78, 5) is 11.5. The van der Waals surface area contributed by atoms with E-state index in [1.54, 1.807) is 6.92 Å². The summed E-state index contributed by atoms with van der Waals surface area (Å²) in [6.07, 6.45) is 0.381. The Hall–Kier alpha value is -1.28. The summed E-state index contributed by atoms with van der Waals surface area (Å²) in [6, 6.07) is 5.81. The fourth-order valence-corrected chi connectivity index (χ4v) is 2.54. The molecule has 0 unspecified atom stereocenters. The molecule has 1 aromatic carbocycles. The van der Waals surface area contributed by atoms with E-state index >= 15 is 0 Å². The number of hydrogen-bond donors (Lipinski definition) is 2. The van der Waals surface area contributed by atoms with Crippen molar-refractivity contribution < 1.29 is 23.1 Å². The predicted octanol–water partition coefficient (Wildman–Crippen LogP) is 0.566. The molecule has 0 saturated carbocycles. The van der Waals surface area contributed by atoms with Crippen molar-refractivity contribution in [3.8, 4) is 0 Å². The van der Waals surface area contributed by atoms with Crippen molar-refractivity contribution in [3.05, 3.63) is 29.8 Å². The number of benzene rings is 1. The number of Topliss-reactive ketones (excluding diaryl/α,β-unsaturated/α-hetero) is 1. The van der Waals surface area contributed by atoms with Gasteiger partial charge in [0.2, 0.25) is 10.0 Å². The number of hydrogen-bond acceptors (Lipinski definition) is 5. The van der Waals surface area contributed by atoms with E-state index in [2.05, 4.69) is 4.72 Å². The molecule has 6 nitrogen and oxygen atoms in total. The van der Waals surface area contributed by atoms with E-state index in [1.807, 2.05) is 0 Å². The highest BCUT2D eigenvalue weighted by molar-refractivity contribution is 7.89. The highest BCUT2D eigenvalue weighted by Crippen LogP contribution is 2.11. The molecule has 0 saturated heterocycles. The van der Waals surface area contributed by atoms with Gasteiger partial charge >= 0.3 is 0 Å². The van der Waals surface area contributed by atoms with Crippen molar-refractivity contribution in [2.75, 3.05) is 26.4 Å². The molecule has 0 atom stereocenters. The number of rotatable bonds is 9. The zero-order chi connectivity index (χ0) is 15.0. The zero-order valence-electron chi connectivity index (χ0n) is 11.3. The molecule has 1 aromatic rings. The first kappa shape index (κ1) is 16.8. The van der Waals surface area contributed by atoms with Gasteiger partial charge in [0.25, 0.3) is 0 Å². The molecule has 7 heteroatoms. The van der Waals surface area contributed by atoms with Crippen molar-refractivity contribution in [2.45, 2.75) is 18.2 Å². The van der Waals surface area contributed by atoms with Crippen LogP contribution in [0.15, 0.2) is 29.2 Å². The molecular weight excluding hydrogens is 282 g/mol. The van der Waals surface area contributed by atoms with Gasteiger partial charge in [-0.1, -0.05) is 19.1 Å². The molecule has 0 aliphatic heterocycles. The first-order chi connectivity index (χ1) is 9.51. The van der Waals surface area contributed by atoms with E-state index in [4.69, 9.17) is 9.84 Å². The number of ketones is 1. The smallest absolute Gasteiger partial charge is 0.240 e. The van der Waals surface area contributed by atoms with Gasteiger partial charge in [0, 0.05) is 18.5 Å². The van der Waals surface area contributed by atoms with Crippen molar-refractivity contribution >= 4 is 15.8 Å². The van der Waals surface area contributed by atoms with E-state index in [-0.39, 0.29) is 37.0 Å². The van der Waals surface area contributed by atoms with Gasteiger partial charge in [0.15, 0.2) is 5.78 Å². The third-order valence-corrected chi connectivity index (χ3v) is 4.06. The van der Waals surface area contributed by atoms with Crippen LogP contribution in [0.5, 0.6) is 0 Å². The molecule has 0 fully saturated rings. The maximum atomic E-state index is 11.9. The number of aliphatic hydroxyl groups excluding tert-OH is 1. The van der Waals surface area contributed by atoms with Crippen LogP contribution in [0.25, 0.3) is 0 Å². The summed E-state index contributed by atoms with van der Waals surface area (Å²) in [7, 11) is -3.60. The second-order valence-electron chi connectivity index (χ2n) is 4.03. The van der Waals surface area contributed by atoms with Gasteiger partial charge in [-0.2, -0.15) is 0 Å². The average molecular weight is 301 g/mol. The van der Waals surface area contributed by atoms with Crippen molar-refractivity contribution in [1.29, 1.82) is 0 Å². The molecule has 2 N–H and O–H groups in total. The third-order valence-electron chi connectivity index (χ3n) is 2.58. The predicted molar refractivity (Wildman–Crippen MR) is 74.2 cm³/mol. The number of carbonyl (C=O) groups excluding carboxylic acids is 1. The Morgan fingerprint density at radius 1 is 1.25 bits per heavy atom. The number of ether oxygens (including phenoxy) is 1. The molecule has 0 aromatic heterocycles. The van der Waals surface area contributed by atoms with E-state index in [1.165, 1.54) is 24.3 Å². The van der Waals surface area contributed by atoms with Gasteiger partial charge in [-0.3, -0.25) is 4.79 Å². The minimum atomic E-state index is -3.60. The van der Waals surface area contributed by atoms with Crippen LogP contribution in [-0.4, -0.2) is 45.7 Å². The maximum Gasteiger partial charge on any atom is 0.240 e. The SMILES string of the molecule is CCC(=O)c1ccc(S(=O)(=O)NCCOCCO)cc1. The average Bonchev–Trinajstić information content (AvgIpc) is 2.46. The van der Waals surface area contributed by atoms with Gasteiger partial charge in [-0.25, -0.2) is 13.1 Å². The summed E-state index contributed by atoms with van der Waals surface area (Å²) >= 11 is 0. The van der Waals surface area contributed by atoms with Crippen LogP contribution >= 0.6 is 0 Å².